The quantitative estimate of drug-likeness (QED) is 0.589. The first-order valence-electron chi connectivity index (χ1n) is 5.71. The maximum atomic E-state index is 11.8. The van der Waals surface area contributed by atoms with Crippen molar-refractivity contribution in [3.8, 4) is 0 Å². The molecule has 0 radical (unpaired) electrons. The van der Waals surface area contributed by atoms with Crippen LogP contribution in [-0.4, -0.2) is 17.7 Å². The van der Waals surface area contributed by atoms with Crippen molar-refractivity contribution in [3.63, 3.8) is 0 Å². The molecule has 86 valence electrons. The summed E-state index contributed by atoms with van der Waals surface area (Å²) in [5, 5.41) is 2.35. The smallest absolute Gasteiger partial charge is 0.231 e. The number of rotatable bonds is 1. The Kier molecular flexibility index (Phi) is 1.74. The fourth-order valence-electron chi connectivity index (χ4n) is 3.90. The van der Waals surface area contributed by atoms with Gasteiger partial charge < -0.3 is 5.73 Å². The molecule has 2 atom stereocenters. The molecule has 5 nitrogen and oxygen atoms in total. The minimum absolute atomic E-state index is 0.204. The lowest BCUT2D eigenvalue weighted by Crippen LogP contribution is -2.56. The lowest BCUT2D eigenvalue weighted by Gasteiger charge is -2.50. The van der Waals surface area contributed by atoms with E-state index in [-0.39, 0.29) is 23.7 Å². The van der Waals surface area contributed by atoms with E-state index in [2.05, 4.69) is 5.32 Å². The Labute approximate surface area is 92.7 Å². The Bertz CT molecular complexity index is 396. The fraction of sp³-hybridized carbons (Fsp3) is 0.727. The minimum atomic E-state index is -0.754. The second-order valence-corrected chi connectivity index (χ2v) is 5.21. The first-order valence-corrected chi connectivity index (χ1v) is 5.71. The number of nitrogens with two attached hydrogens (primary N) is 1. The second kappa shape index (κ2) is 2.84. The largest absolute Gasteiger partial charge is 0.369 e. The van der Waals surface area contributed by atoms with E-state index in [0.717, 1.165) is 12.8 Å². The average Bonchev–Trinajstić information content (AvgIpc) is 2.58. The van der Waals surface area contributed by atoms with Gasteiger partial charge in [0.15, 0.2) is 0 Å². The zero-order chi connectivity index (χ0) is 11.5. The van der Waals surface area contributed by atoms with E-state index in [1.54, 1.807) is 0 Å². The molecule has 0 aromatic heterocycles. The number of hydrogen-bond donors (Lipinski definition) is 2. The second-order valence-electron chi connectivity index (χ2n) is 5.21. The highest BCUT2D eigenvalue weighted by molar-refractivity contribution is 6.08. The summed E-state index contributed by atoms with van der Waals surface area (Å²) in [6.45, 7) is 0. The van der Waals surface area contributed by atoms with Gasteiger partial charge in [-0.2, -0.15) is 0 Å². The summed E-state index contributed by atoms with van der Waals surface area (Å²) in [5.41, 5.74) is 4.72. The van der Waals surface area contributed by atoms with E-state index in [0.29, 0.717) is 12.8 Å². The molecule has 16 heavy (non-hydrogen) atoms. The van der Waals surface area contributed by atoms with Crippen LogP contribution in [-0.2, 0) is 14.4 Å². The number of carbonyl (C=O) groups is 3. The first kappa shape index (κ1) is 9.81. The van der Waals surface area contributed by atoms with E-state index >= 15 is 0 Å². The molecule has 0 aromatic carbocycles. The van der Waals surface area contributed by atoms with Crippen molar-refractivity contribution in [3.05, 3.63) is 0 Å². The van der Waals surface area contributed by atoms with Gasteiger partial charge in [-0.05, 0) is 31.6 Å². The molecule has 3 N–H and O–H groups in total. The Morgan fingerprint density at radius 3 is 2.44 bits per heavy atom. The molecule has 4 fully saturated rings. The van der Waals surface area contributed by atoms with Crippen molar-refractivity contribution >= 4 is 17.7 Å². The number of hydrogen-bond acceptors (Lipinski definition) is 3. The molecule has 2 bridgehead atoms. The molecule has 0 unspecified atom stereocenters. The number of nitrogens with one attached hydrogen (secondary N) is 1. The van der Waals surface area contributed by atoms with Crippen molar-refractivity contribution in [1.29, 1.82) is 0 Å². The minimum Gasteiger partial charge on any atom is -0.369 e. The van der Waals surface area contributed by atoms with Gasteiger partial charge in [0.05, 0.1) is 17.3 Å². The number of imide groups is 1. The van der Waals surface area contributed by atoms with E-state index < -0.39 is 17.2 Å². The van der Waals surface area contributed by atoms with E-state index in [1.807, 2.05) is 0 Å². The molecule has 0 spiro atoms. The SMILES string of the molecule is NC(=O)C12CCC(CC1)[C@@H]1C(=O)NC(=O)[C@@H]12. The van der Waals surface area contributed by atoms with Crippen LogP contribution in [0, 0.1) is 23.2 Å². The highest BCUT2D eigenvalue weighted by Gasteiger charge is 2.64. The van der Waals surface area contributed by atoms with Crippen LogP contribution in [0.1, 0.15) is 25.7 Å². The van der Waals surface area contributed by atoms with Crippen LogP contribution in [0.15, 0.2) is 0 Å². The third-order valence-electron chi connectivity index (χ3n) is 4.71. The molecule has 1 aliphatic heterocycles. The van der Waals surface area contributed by atoms with Gasteiger partial charge in [0.25, 0.3) is 0 Å². The van der Waals surface area contributed by atoms with Crippen LogP contribution in [0.25, 0.3) is 0 Å². The van der Waals surface area contributed by atoms with Crippen LogP contribution >= 0.6 is 0 Å². The summed E-state index contributed by atoms with van der Waals surface area (Å²) in [5.74, 6) is -1.45. The molecule has 4 aliphatic rings. The standard InChI is InChI=1S/C11H14N2O3/c12-10(16)11-3-1-5(2-4-11)6-7(11)9(15)13-8(6)14/h5-7H,1-4H2,(H2,12,16)(H,13,14,15)/t5?,6-,7+,11?/m0/s1. The third-order valence-corrected chi connectivity index (χ3v) is 4.71. The molecule has 1 heterocycles. The summed E-state index contributed by atoms with van der Waals surface area (Å²) in [6, 6.07) is 0. The van der Waals surface area contributed by atoms with Crippen molar-refractivity contribution < 1.29 is 14.4 Å². The Hall–Kier alpha value is -1.39. The molecule has 3 amide bonds. The summed E-state index contributed by atoms with van der Waals surface area (Å²) < 4.78 is 0. The van der Waals surface area contributed by atoms with E-state index in [1.165, 1.54) is 0 Å². The molecular formula is C11H14N2O3. The average molecular weight is 222 g/mol. The van der Waals surface area contributed by atoms with Gasteiger partial charge in [-0.3, -0.25) is 19.7 Å². The zero-order valence-electron chi connectivity index (χ0n) is 8.86. The normalized spacial score (nSPS) is 45.4. The summed E-state index contributed by atoms with van der Waals surface area (Å²) in [6.07, 6.45) is 3.00. The molecule has 3 aliphatic carbocycles. The van der Waals surface area contributed by atoms with E-state index in [9.17, 15) is 14.4 Å². The highest BCUT2D eigenvalue weighted by atomic mass is 16.2. The lowest BCUT2D eigenvalue weighted by molar-refractivity contribution is -0.153. The van der Waals surface area contributed by atoms with Gasteiger partial charge in [0, 0.05) is 0 Å². The molecule has 0 aromatic rings. The van der Waals surface area contributed by atoms with Gasteiger partial charge >= 0.3 is 0 Å². The number of carbonyl (C=O) groups excluding carboxylic acids is 3. The van der Waals surface area contributed by atoms with Crippen molar-refractivity contribution in [2.45, 2.75) is 25.7 Å². The first-order chi connectivity index (χ1) is 7.56. The number of amides is 3. The third kappa shape index (κ3) is 0.936. The topological polar surface area (TPSA) is 89.3 Å². The van der Waals surface area contributed by atoms with Crippen LogP contribution < -0.4 is 11.1 Å². The van der Waals surface area contributed by atoms with Crippen LogP contribution in [0.2, 0.25) is 0 Å². The molecule has 1 saturated heterocycles. The van der Waals surface area contributed by atoms with Crippen molar-refractivity contribution in [1.82, 2.24) is 5.32 Å². The van der Waals surface area contributed by atoms with E-state index in [4.69, 9.17) is 5.73 Å². The molecule has 5 heteroatoms. The lowest BCUT2D eigenvalue weighted by atomic mass is 9.51. The van der Waals surface area contributed by atoms with Crippen molar-refractivity contribution in [2.24, 2.45) is 28.9 Å². The maximum Gasteiger partial charge on any atom is 0.231 e. The van der Waals surface area contributed by atoms with Crippen LogP contribution in [0.5, 0.6) is 0 Å². The van der Waals surface area contributed by atoms with Gasteiger partial charge in [0.1, 0.15) is 0 Å². The fourth-order valence-corrected chi connectivity index (χ4v) is 3.90. The van der Waals surface area contributed by atoms with Crippen molar-refractivity contribution in [2.75, 3.05) is 0 Å². The van der Waals surface area contributed by atoms with Gasteiger partial charge in [-0.15, -0.1) is 0 Å². The van der Waals surface area contributed by atoms with Crippen LogP contribution in [0.4, 0.5) is 0 Å². The van der Waals surface area contributed by atoms with Gasteiger partial charge in [0.2, 0.25) is 17.7 Å². The molecular weight excluding hydrogens is 208 g/mol. The van der Waals surface area contributed by atoms with Gasteiger partial charge in [-0.25, -0.2) is 0 Å². The van der Waals surface area contributed by atoms with Crippen LogP contribution in [0.3, 0.4) is 0 Å². The Balaban J connectivity index is 2.10. The monoisotopic (exact) mass is 222 g/mol. The summed E-state index contributed by atoms with van der Waals surface area (Å²) in [7, 11) is 0. The summed E-state index contributed by atoms with van der Waals surface area (Å²) in [4.78, 5) is 35.1. The Morgan fingerprint density at radius 1 is 1.25 bits per heavy atom. The number of primary amides is 1. The molecule has 3 saturated carbocycles. The van der Waals surface area contributed by atoms with Gasteiger partial charge in [-0.1, -0.05) is 0 Å². The zero-order valence-corrected chi connectivity index (χ0v) is 8.86. The predicted octanol–water partition coefficient (Wildman–Crippen LogP) is -0.449. The maximum absolute atomic E-state index is 11.8. The highest BCUT2D eigenvalue weighted by Crippen LogP contribution is 2.58. The number of fused-ring (bicyclic) bond motifs is 2. The molecule has 4 rings (SSSR count). The summed E-state index contributed by atoms with van der Waals surface area (Å²) >= 11 is 0. The Morgan fingerprint density at radius 2 is 1.88 bits per heavy atom. The predicted molar refractivity (Wildman–Crippen MR) is 53.7 cm³/mol.